The summed E-state index contributed by atoms with van der Waals surface area (Å²) in [7, 11) is 0. The van der Waals surface area contributed by atoms with E-state index in [1.807, 2.05) is 61.5 Å². The second-order valence-electron chi connectivity index (χ2n) is 7.66. The highest BCUT2D eigenvalue weighted by atomic mass is 16.2. The van der Waals surface area contributed by atoms with Crippen LogP contribution in [0, 0.1) is 0 Å². The molecule has 0 spiro atoms. The molecule has 4 aromatic rings. The van der Waals surface area contributed by atoms with E-state index in [2.05, 4.69) is 16.0 Å². The van der Waals surface area contributed by atoms with Gasteiger partial charge in [-0.1, -0.05) is 79.7 Å². The number of hydrogen-bond donors (Lipinski definition) is 2. The minimum absolute atomic E-state index is 0.0890. The topological polar surface area (TPSA) is 93.1 Å². The first-order chi connectivity index (χ1) is 16.1. The lowest BCUT2D eigenvalue weighted by Crippen LogP contribution is -2.43. The molecule has 1 heterocycles. The van der Waals surface area contributed by atoms with E-state index in [1.54, 1.807) is 24.3 Å². The molecular weight excluding hydrogens is 416 g/mol. The van der Waals surface area contributed by atoms with Crippen molar-refractivity contribution in [3.8, 4) is 11.1 Å². The highest BCUT2D eigenvalue weighted by Crippen LogP contribution is 2.19. The van der Waals surface area contributed by atoms with Crippen molar-refractivity contribution >= 4 is 22.6 Å². The molecule has 0 fully saturated rings. The van der Waals surface area contributed by atoms with E-state index in [-0.39, 0.29) is 23.6 Å². The zero-order valence-electron chi connectivity index (χ0n) is 18.2. The normalized spacial score (nSPS) is 10.7. The van der Waals surface area contributed by atoms with Gasteiger partial charge in [-0.3, -0.25) is 25.2 Å². The molecule has 0 unspecified atom stereocenters. The standard InChI is InChI=1S/C26H24N4O3/c1-2-16-30-26(33)22-11-7-6-10-21(22)24(29-30)25(32)28-27-23(31)17-18-12-14-20(15-13-18)19-8-4-3-5-9-19/h3-15H,2,16-17H2,1H3,(H,27,31)(H,28,32). The fourth-order valence-electron chi connectivity index (χ4n) is 3.63. The maximum absolute atomic E-state index is 12.8. The smallest absolute Gasteiger partial charge is 0.273 e. The summed E-state index contributed by atoms with van der Waals surface area (Å²) in [6.45, 7) is 2.32. The number of carbonyl (C=O) groups excluding carboxylic acids is 2. The Labute approximate surface area is 191 Å². The first-order valence-corrected chi connectivity index (χ1v) is 10.8. The fourth-order valence-corrected chi connectivity index (χ4v) is 3.63. The molecule has 166 valence electrons. The highest BCUT2D eigenvalue weighted by Gasteiger charge is 2.17. The van der Waals surface area contributed by atoms with Crippen molar-refractivity contribution in [3.05, 3.63) is 100 Å². The minimum atomic E-state index is -0.580. The van der Waals surface area contributed by atoms with E-state index in [0.29, 0.717) is 23.7 Å². The summed E-state index contributed by atoms with van der Waals surface area (Å²) in [5.41, 5.74) is 7.69. The van der Waals surface area contributed by atoms with Crippen LogP contribution < -0.4 is 16.4 Å². The lowest BCUT2D eigenvalue weighted by molar-refractivity contribution is -0.121. The van der Waals surface area contributed by atoms with Crippen LogP contribution in [0.1, 0.15) is 29.4 Å². The summed E-state index contributed by atoms with van der Waals surface area (Å²) >= 11 is 0. The summed E-state index contributed by atoms with van der Waals surface area (Å²) in [6.07, 6.45) is 0.810. The summed E-state index contributed by atoms with van der Waals surface area (Å²) in [4.78, 5) is 37.7. The van der Waals surface area contributed by atoms with Gasteiger partial charge in [0.25, 0.3) is 11.5 Å². The second-order valence-corrected chi connectivity index (χ2v) is 7.66. The van der Waals surface area contributed by atoms with Crippen molar-refractivity contribution in [1.82, 2.24) is 20.6 Å². The average molecular weight is 441 g/mol. The molecule has 0 bridgehead atoms. The molecule has 0 radical (unpaired) electrons. The Morgan fingerprint density at radius 3 is 2.15 bits per heavy atom. The number of nitrogens with one attached hydrogen (secondary N) is 2. The number of rotatable bonds is 6. The molecule has 0 atom stereocenters. The third-order valence-electron chi connectivity index (χ3n) is 5.26. The van der Waals surface area contributed by atoms with Crippen LogP contribution in [0.2, 0.25) is 0 Å². The third kappa shape index (κ3) is 4.98. The molecule has 4 rings (SSSR count). The first kappa shape index (κ1) is 22.0. The van der Waals surface area contributed by atoms with Crippen molar-refractivity contribution in [1.29, 1.82) is 0 Å². The van der Waals surface area contributed by atoms with Crippen LogP contribution >= 0.6 is 0 Å². The van der Waals surface area contributed by atoms with Gasteiger partial charge in [-0.05, 0) is 29.2 Å². The van der Waals surface area contributed by atoms with Gasteiger partial charge in [0.05, 0.1) is 11.8 Å². The third-order valence-corrected chi connectivity index (χ3v) is 5.26. The Balaban J connectivity index is 1.44. The summed E-state index contributed by atoms with van der Waals surface area (Å²) in [5.74, 6) is -0.939. The Morgan fingerprint density at radius 2 is 1.45 bits per heavy atom. The lowest BCUT2D eigenvalue weighted by Gasteiger charge is -2.11. The molecule has 2 N–H and O–H groups in total. The molecule has 33 heavy (non-hydrogen) atoms. The average Bonchev–Trinajstić information content (AvgIpc) is 2.85. The molecule has 7 heteroatoms. The van der Waals surface area contributed by atoms with Gasteiger partial charge < -0.3 is 0 Å². The molecule has 0 saturated carbocycles. The van der Waals surface area contributed by atoms with Crippen LogP contribution in [-0.4, -0.2) is 21.6 Å². The largest absolute Gasteiger partial charge is 0.290 e. The molecule has 0 aliphatic carbocycles. The van der Waals surface area contributed by atoms with Gasteiger partial charge in [-0.25, -0.2) is 4.68 Å². The predicted octanol–water partition coefficient (Wildman–Crippen LogP) is 3.48. The maximum atomic E-state index is 12.8. The van der Waals surface area contributed by atoms with Gasteiger partial charge in [0.15, 0.2) is 5.69 Å². The predicted molar refractivity (Wildman–Crippen MR) is 127 cm³/mol. The second kappa shape index (κ2) is 9.91. The maximum Gasteiger partial charge on any atom is 0.290 e. The van der Waals surface area contributed by atoms with Crippen molar-refractivity contribution in [2.24, 2.45) is 0 Å². The Bertz CT molecular complexity index is 1350. The van der Waals surface area contributed by atoms with Gasteiger partial charge in [0.2, 0.25) is 5.91 Å². The van der Waals surface area contributed by atoms with Crippen molar-refractivity contribution in [3.63, 3.8) is 0 Å². The minimum Gasteiger partial charge on any atom is -0.273 e. The summed E-state index contributed by atoms with van der Waals surface area (Å²) < 4.78 is 1.29. The number of amides is 2. The van der Waals surface area contributed by atoms with Gasteiger partial charge in [0, 0.05) is 11.9 Å². The highest BCUT2D eigenvalue weighted by molar-refractivity contribution is 6.05. The van der Waals surface area contributed by atoms with Crippen molar-refractivity contribution in [2.75, 3.05) is 0 Å². The van der Waals surface area contributed by atoms with Crippen molar-refractivity contribution < 1.29 is 9.59 Å². The quantitative estimate of drug-likeness (QED) is 0.449. The molecule has 0 aliphatic rings. The molecule has 0 saturated heterocycles. The number of aromatic nitrogens is 2. The fraction of sp³-hybridized carbons (Fsp3) is 0.154. The summed E-state index contributed by atoms with van der Waals surface area (Å²) in [6, 6.07) is 24.5. The van der Waals surface area contributed by atoms with Crippen LogP contribution in [0.3, 0.4) is 0 Å². The number of hydrazine groups is 1. The molecule has 1 aromatic heterocycles. The van der Waals surface area contributed by atoms with E-state index in [1.165, 1.54) is 4.68 Å². The zero-order chi connectivity index (χ0) is 23.2. The lowest BCUT2D eigenvalue weighted by atomic mass is 10.0. The molecule has 0 aliphatic heterocycles. The number of nitrogens with zero attached hydrogens (tertiary/aromatic N) is 2. The van der Waals surface area contributed by atoms with Crippen LogP contribution in [0.4, 0.5) is 0 Å². The van der Waals surface area contributed by atoms with Gasteiger partial charge in [-0.2, -0.15) is 5.10 Å². The van der Waals surface area contributed by atoms with E-state index < -0.39 is 5.91 Å². The Morgan fingerprint density at radius 1 is 0.818 bits per heavy atom. The monoisotopic (exact) mass is 440 g/mol. The van der Waals surface area contributed by atoms with E-state index in [0.717, 1.165) is 16.7 Å². The molecule has 2 amide bonds. The van der Waals surface area contributed by atoms with Crippen molar-refractivity contribution in [2.45, 2.75) is 26.3 Å². The molecule has 7 nitrogen and oxygen atoms in total. The molecular formula is C26H24N4O3. The SMILES string of the molecule is CCCn1nc(C(=O)NNC(=O)Cc2ccc(-c3ccccc3)cc2)c2ccccc2c1=O. The number of hydrogen-bond acceptors (Lipinski definition) is 4. The van der Waals surface area contributed by atoms with Crippen LogP contribution in [0.15, 0.2) is 83.7 Å². The number of fused-ring (bicyclic) bond motifs is 1. The molecule has 3 aromatic carbocycles. The van der Waals surface area contributed by atoms with E-state index in [4.69, 9.17) is 0 Å². The van der Waals surface area contributed by atoms with Gasteiger partial charge >= 0.3 is 0 Å². The van der Waals surface area contributed by atoms with Crippen LogP contribution in [0.5, 0.6) is 0 Å². The van der Waals surface area contributed by atoms with Gasteiger partial charge in [0.1, 0.15) is 0 Å². The van der Waals surface area contributed by atoms with Gasteiger partial charge in [-0.15, -0.1) is 0 Å². The summed E-state index contributed by atoms with van der Waals surface area (Å²) in [5, 5.41) is 5.09. The van der Waals surface area contributed by atoms with Crippen LogP contribution in [0.25, 0.3) is 21.9 Å². The Kier molecular flexibility index (Phi) is 6.59. The zero-order valence-corrected chi connectivity index (χ0v) is 18.2. The first-order valence-electron chi connectivity index (χ1n) is 10.8. The number of benzene rings is 3. The van der Waals surface area contributed by atoms with E-state index >= 15 is 0 Å². The number of carbonyl (C=O) groups is 2. The number of aryl methyl sites for hydroxylation is 1. The van der Waals surface area contributed by atoms with E-state index in [9.17, 15) is 14.4 Å². The van der Waals surface area contributed by atoms with Crippen LogP contribution in [-0.2, 0) is 17.8 Å². The Hall–Kier alpha value is -4.26.